The molecular weight excluding hydrogens is 247 g/mol. The average molecular weight is 262 g/mol. The molecule has 0 fully saturated rings. The number of aryl methyl sites for hydroxylation is 1. The number of carbonyl (C=O) groups is 1. The van der Waals surface area contributed by atoms with Crippen LogP contribution in [0.4, 0.5) is 10.1 Å². The number of aromatic nitrogens is 2. The van der Waals surface area contributed by atoms with Gasteiger partial charge in [-0.1, -0.05) is 0 Å². The number of benzene rings is 1. The number of nitrogens with zero attached hydrogens (tertiary/aromatic N) is 3. The summed E-state index contributed by atoms with van der Waals surface area (Å²) < 4.78 is 15.3. The van der Waals surface area contributed by atoms with Crippen LogP contribution in [0.25, 0.3) is 0 Å². The van der Waals surface area contributed by atoms with E-state index >= 15 is 0 Å². The van der Waals surface area contributed by atoms with Crippen LogP contribution in [0.3, 0.4) is 0 Å². The molecule has 2 aromatic rings. The van der Waals surface area contributed by atoms with Crippen molar-refractivity contribution in [3.8, 4) is 0 Å². The molecule has 0 aliphatic rings. The van der Waals surface area contributed by atoms with Gasteiger partial charge in [-0.25, -0.2) is 4.39 Å². The van der Waals surface area contributed by atoms with Gasteiger partial charge in [0.25, 0.3) is 5.91 Å². The standard InChI is InChI=1S/C13H15FN4O/c1-17(7-9-6-16-18(2)8-9)13(19)11-5-10(15)3-4-12(11)14/h3-6,8H,7,15H2,1-2H3. The van der Waals surface area contributed by atoms with E-state index in [1.165, 1.54) is 23.1 Å². The first-order valence-electron chi connectivity index (χ1n) is 5.75. The topological polar surface area (TPSA) is 64.2 Å². The van der Waals surface area contributed by atoms with Crippen molar-refractivity contribution in [1.29, 1.82) is 0 Å². The molecule has 0 spiro atoms. The van der Waals surface area contributed by atoms with Crippen LogP contribution in [0.5, 0.6) is 0 Å². The van der Waals surface area contributed by atoms with E-state index in [0.717, 1.165) is 5.56 Å². The van der Waals surface area contributed by atoms with E-state index in [9.17, 15) is 9.18 Å². The molecule has 6 heteroatoms. The summed E-state index contributed by atoms with van der Waals surface area (Å²) in [7, 11) is 3.40. The maximum Gasteiger partial charge on any atom is 0.256 e. The van der Waals surface area contributed by atoms with E-state index in [2.05, 4.69) is 5.10 Å². The van der Waals surface area contributed by atoms with Gasteiger partial charge in [-0.2, -0.15) is 5.10 Å². The third-order valence-corrected chi connectivity index (χ3v) is 2.75. The van der Waals surface area contributed by atoms with Crippen LogP contribution in [0.1, 0.15) is 15.9 Å². The van der Waals surface area contributed by atoms with E-state index in [4.69, 9.17) is 5.73 Å². The summed E-state index contributed by atoms with van der Waals surface area (Å²) in [6.07, 6.45) is 3.47. The van der Waals surface area contributed by atoms with E-state index < -0.39 is 11.7 Å². The minimum Gasteiger partial charge on any atom is -0.399 e. The van der Waals surface area contributed by atoms with Crippen LogP contribution in [0.15, 0.2) is 30.6 Å². The van der Waals surface area contributed by atoms with Crippen LogP contribution >= 0.6 is 0 Å². The van der Waals surface area contributed by atoms with E-state index in [1.54, 1.807) is 31.2 Å². The molecule has 0 aliphatic heterocycles. The van der Waals surface area contributed by atoms with Crippen molar-refractivity contribution in [3.05, 3.63) is 47.5 Å². The fourth-order valence-corrected chi connectivity index (χ4v) is 1.81. The first kappa shape index (κ1) is 13.1. The molecule has 2 N–H and O–H groups in total. The zero-order valence-electron chi connectivity index (χ0n) is 10.8. The van der Waals surface area contributed by atoms with Gasteiger partial charge in [0, 0.05) is 38.1 Å². The first-order valence-corrected chi connectivity index (χ1v) is 5.75. The van der Waals surface area contributed by atoms with Crippen molar-refractivity contribution in [2.24, 2.45) is 7.05 Å². The number of amides is 1. The molecule has 19 heavy (non-hydrogen) atoms. The number of anilines is 1. The lowest BCUT2D eigenvalue weighted by Crippen LogP contribution is -2.27. The summed E-state index contributed by atoms with van der Waals surface area (Å²) in [4.78, 5) is 13.6. The Kier molecular flexibility index (Phi) is 3.50. The van der Waals surface area contributed by atoms with Crippen LogP contribution in [-0.2, 0) is 13.6 Å². The van der Waals surface area contributed by atoms with Gasteiger partial charge >= 0.3 is 0 Å². The largest absolute Gasteiger partial charge is 0.399 e. The summed E-state index contributed by atoms with van der Waals surface area (Å²) in [5.74, 6) is -0.981. The van der Waals surface area contributed by atoms with Crippen LogP contribution in [0.2, 0.25) is 0 Å². The molecule has 0 unspecified atom stereocenters. The summed E-state index contributed by atoms with van der Waals surface area (Å²) in [6.45, 7) is 0.362. The molecule has 0 saturated carbocycles. The summed E-state index contributed by atoms with van der Waals surface area (Å²) >= 11 is 0. The van der Waals surface area contributed by atoms with Crippen molar-refractivity contribution in [1.82, 2.24) is 14.7 Å². The molecule has 0 aliphatic carbocycles. The van der Waals surface area contributed by atoms with Gasteiger partial charge in [0.2, 0.25) is 0 Å². The molecule has 1 heterocycles. The van der Waals surface area contributed by atoms with Gasteiger partial charge in [-0.3, -0.25) is 9.48 Å². The minimum atomic E-state index is -0.572. The van der Waals surface area contributed by atoms with Crippen LogP contribution in [-0.4, -0.2) is 27.6 Å². The number of hydrogen-bond acceptors (Lipinski definition) is 3. The Hall–Kier alpha value is -2.37. The Bertz CT molecular complexity index is 608. The normalized spacial score (nSPS) is 10.5. The van der Waals surface area contributed by atoms with Gasteiger partial charge < -0.3 is 10.6 Å². The summed E-state index contributed by atoms with van der Waals surface area (Å²) in [6, 6.07) is 3.96. The molecule has 1 aromatic heterocycles. The maximum atomic E-state index is 13.6. The van der Waals surface area contributed by atoms with Gasteiger partial charge in [-0.15, -0.1) is 0 Å². The van der Waals surface area contributed by atoms with Crippen molar-refractivity contribution >= 4 is 11.6 Å². The predicted octanol–water partition coefficient (Wildman–Crippen LogP) is 1.41. The predicted molar refractivity (Wildman–Crippen MR) is 69.8 cm³/mol. The summed E-state index contributed by atoms with van der Waals surface area (Å²) in [5.41, 5.74) is 6.79. The van der Waals surface area contributed by atoms with Gasteiger partial charge in [0.05, 0.1) is 11.8 Å². The van der Waals surface area contributed by atoms with Crippen molar-refractivity contribution in [2.75, 3.05) is 12.8 Å². The second-order valence-electron chi connectivity index (χ2n) is 4.42. The van der Waals surface area contributed by atoms with Gasteiger partial charge in [0.15, 0.2) is 0 Å². The molecule has 0 atom stereocenters. The molecule has 2 rings (SSSR count). The zero-order valence-corrected chi connectivity index (χ0v) is 10.8. The van der Waals surface area contributed by atoms with Crippen LogP contribution in [0, 0.1) is 5.82 Å². The molecule has 0 radical (unpaired) electrons. The average Bonchev–Trinajstić information content (AvgIpc) is 2.77. The lowest BCUT2D eigenvalue weighted by molar-refractivity contribution is 0.0780. The number of hydrogen-bond donors (Lipinski definition) is 1. The van der Waals surface area contributed by atoms with Crippen molar-refractivity contribution in [2.45, 2.75) is 6.54 Å². The Morgan fingerprint density at radius 2 is 2.26 bits per heavy atom. The highest BCUT2D eigenvalue weighted by Crippen LogP contribution is 2.15. The monoisotopic (exact) mass is 262 g/mol. The maximum absolute atomic E-state index is 13.6. The molecular formula is C13H15FN4O. The van der Waals surface area contributed by atoms with E-state index in [0.29, 0.717) is 12.2 Å². The first-order chi connectivity index (χ1) is 8.97. The van der Waals surface area contributed by atoms with Crippen molar-refractivity contribution < 1.29 is 9.18 Å². The Morgan fingerprint density at radius 1 is 1.53 bits per heavy atom. The highest BCUT2D eigenvalue weighted by Gasteiger charge is 2.17. The molecule has 1 aromatic carbocycles. The molecule has 0 bridgehead atoms. The fraction of sp³-hybridized carbons (Fsp3) is 0.231. The van der Waals surface area contributed by atoms with Gasteiger partial charge in [0.1, 0.15) is 5.82 Å². The van der Waals surface area contributed by atoms with Crippen molar-refractivity contribution in [3.63, 3.8) is 0 Å². The Balaban J connectivity index is 2.16. The second-order valence-corrected chi connectivity index (χ2v) is 4.42. The molecule has 5 nitrogen and oxygen atoms in total. The third-order valence-electron chi connectivity index (χ3n) is 2.75. The quantitative estimate of drug-likeness (QED) is 0.851. The molecule has 100 valence electrons. The van der Waals surface area contributed by atoms with E-state index in [-0.39, 0.29) is 5.56 Å². The fourth-order valence-electron chi connectivity index (χ4n) is 1.81. The smallest absolute Gasteiger partial charge is 0.256 e. The van der Waals surface area contributed by atoms with E-state index in [1.807, 2.05) is 0 Å². The SMILES string of the molecule is CN(Cc1cnn(C)c1)C(=O)c1cc(N)ccc1F. The number of nitrogen functional groups attached to an aromatic ring is 1. The van der Waals surface area contributed by atoms with Crippen LogP contribution < -0.4 is 5.73 Å². The minimum absolute atomic E-state index is 0.0219. The Morgan fingerprint density at radius 3 is 2.89 bits per heavy atom. The Labute approximate surface area is 110 Å². The highest BCUT2D eigenvalue weighted by atomic mass is 19.1. The summed E-state index contributed by atoms with van der Waals surface area (Å²) in [5, 5.41) is 4.02. The number of carbonyl (C=O) groups excluding carboxylic acids is 1. The lowest BCUT2D eigenvalue weighted by Gasteiger charge is -2.16. The lowest BCUT2D eigenvalue weighted by atomic mass is 10.1. The second kappa shape index (κ2) is 5.09. The number of halogens is 1. The third kappa shape index (κ3) is 2.90. The highest BCUT2D eigenvalue weighted by molar-refractivity contribution is 5.95. The zero-order chi connectivity index (χ0) is 14.0. The number of rotatable bonds is 3. The van der Waals surface area contributed by atoms with Gasteiger partial charge in [-0.05, 0) is 18.2 Å². The molecule has 0 saturated heterocycles. The number of nitrogens with two attached hydrogens (primary N) is 1. The molecule has 1 amide bonds.